The van der Waals surface area contributed by atoms with Crippen LogP contribution in [-0.2, 0) is 6.18 Å². The van der Waals surface area contributed by atoms with Gasteiger partial charge in [-0.3, -0.25) is 0 Å². The number of alkyl halides is 3. The number of hydrogen-bond acceptors (Lipinski definition) is 6. The Morgan fingerprint density at radius 3 is 2.35 bits per heavy atom. The topological polar surface area (TPSA) is 57.2 Å². The van der Waals surface area contributed by atoms with Crippen molar-refractivity contribution in [3.63, 3.8) is 0 Å². The molecule has 4 rings (SSSR count). The summed E-state index contributed by atoms with van der Waals surface area (Å²) in [7, 11) is 0. The Kier molecular flexibility index (Phi) is 6.79. The highest BCUT2D eigenvalue weighted by molar-refractivity contribution is 6.31. The van der Waals surface area contributed by atoms with Crippen molar-refractivity contribution in [2.75, 3.05) is 41.3 Å². The van der Waals surface area contributed by atoms with Crippen LogP contribution in [0.15, 0.2) is 42.6 Å². The molecule has 1 N–H and O–H groups in total. The molecule has 0 amide bonds. The van der Waals surface area contributed by atoms with E-state index in [9.17, 15) is 17.6 Å². The van der Waals surface area contributed by atoms with E-state index in [1.807, 2.05) is 18.7 Å². The third kappa shape index (κ3) is 5.32. The first-order valence-corrected chi connectivity index (χ1v) is 11.1. The molecular formula is C23H23ClF4N6. The van der Waals surface area contributed by atoms with E-state index in [0.717, 1.165) is 6.07 Å². The molecule has 0 unspecified atom stereocenters. The van der Waals surface area contributed by atoms with Crippen molar-refractivity contribution in [1.82, 2.24) is 15.0 Å². The van der Waals surface area contributed by atoms with Crippen LogP contribution < -0.4 is 15.1 Å². The lowest BCUT2D eigenvalue weighted by molar-refractivity contribution is -0.137. The number of aromatic nitrogens is 3. The van der Waals surface area contributed by atoms with Crippen LogP contribution in [0.1, 0.15) is 19.4 Å². The Labute approximate surface area is 199 Å². The fourth-order valence-corrected chi connectivity index (χ4v) is 3.92. The normalized spacial score (nSPS) is 14.6. The van der Waals surface area contributed by atoms with E-state index in [4.69, 9.17) is 11.6 Å². The van der Waals surface area contributed by atoms with Gasteiger partial charge < -0.3 is 15.1 Å². The molecule has 34 heavy (non-hydrogen) atoms. The zero-order valence-electron chi connectivity index (χ0n) is 18.6. The zero-order valence-corrected chi connectivity index (χ0v) is 19.3. The zero-order chi connectivity index (χ0) is 24.5. The third-order valence-corrected chi connectivity index (χ3v) is 5.63. The number of rotatable bonds is 5. The largest absolute Gasteiger partial charge is 0.419 e. The van der Waals surface area contributed by atoms with Crippen LogP contribution in [0.3, 0.4) is 0 Å². The van der Waals surface area contributed by atoms with Gasteiger partial charge in [-0.2, -0.15) is 18.2 Å². The van der Waals surface area contributed by atoms with Gasteiger partial charge in [-0.05, 0) is 44.2 Å². The first-order valence-electron chi connectivity index (χ1n) is 10.7. The predicted octanol–water partition coefficient (Wildman–Crippen LogP) is 5.50. The number of piperazine rings is 1. The molecule has 0 radical (unpaired) electrons. The van der Waals surface area contributed by atoms with Gasteiger partial charge in [-0.1, -0.05) is 11.6 Å². The van der Waals surface area contributed by atoms with E-state index in [1.54, 1.807) is 17.0 Å². The van der Waals surface area contributed by atoms with Gasteiger partial charge >= 0.3 is 6.18 Å². The van der Waals surface area contributed by atoms with Crippen LogP contribution in [0.2, 0.25) is 5.02 Å². The Morgan fingerprint density at radius 2 is 1.71 bits per heavy atom. The molecule has 1 aliphatic heterocycles. The second kappa shape index (κ2) is 9.61. The molecule has 1 fully saturated rings. The molecule has 1 aliphatic rings. The summed E-state index contributed by atoms with van der Waals surface area (Å²) in [5.74, 6) is 0.421. The SMILES string of the molecule is CC(C)Nc1nc(-c2ccc(F)c(Cl)c2)cc(N2CCN(c3ncccc3C(F)(F)F)CC2)n1. The highest BCUT2D eigenvalue weighted by Gasteiger charge is 2.36. The van der Waals surface area contributed by atoms with Gasteiger partial charge in [0.15, 0.2) is 0 Å². The molecule has 3 aromatic rings. The van der Waals surface area contributed by atoms with Crippen molar-refractivity contribution in [2.24, 2.45) is 0 Å². The number of nitrogens with zero attached hydrogens (tertiary/aromatic N) is 5. The summed E-state index contributed by atoms with van der Waals surface area (Å²) < 4.78 is 53.9. The Balaban J connectivity index is 1.60. The average molecular weight is 495 g/mol. The van der Waals surface area contributed by atoms with Crippen LogP contribution >= 0.6 is 11.6 Å². The number of halogens is 5. The molecule has 0 aliphatic carbocycles. The van der Waals surface area contributed by atoms with Crippen molar-refractivity contribution < 1.29 is 17.6 Å². The van der Waals surface area contributed by atoms with Crippen LogP contribution in [0.4, 0.5) is 35.1 Å². The van der Waals surface area contributed by atoms with Gasteiger partial charge in [-0.25, -0.2) is 14.4 Å². The lowest BCUT2D eigenvalue weighted by Crippen LogP contribution is -2.47. The lowest BCUT2D eigenvalue weighted by Gasteiger charge is -2.37. The smallest absolute Gasteiger partial charge is 0.353 e. The van der Waals surface area contributed by atoms with Crippen LogP contribution in [0.25, 0.3) is 11.3 Å². The molecule has 0 bridgehead atoms. The highest BCUT2D eigenvalue weighted by Crippen LogP contribution is 2.36. The van der Waals surface area contributed by atoms with Gasteiger partial charge in [0.25, 0.3) is 0 Å². The molecule has 0 saturated carbocycles. The van der Waals surface area contributed by atoms with E-state index in [0.29, 0.717) is 49.2 Å². The van der Waals surface area contributed by atoms with E-state index in [-0.39, 0.29) is 16.9 Å². The maximum Gasteiger partial charge on any atom is 0.419 e. The first-order chi connectivity index (χ1) is 16.1. The quantitative estimate of drug-likeness (QED) is 0.473. The van der Waals surface area contributed by atoms with E-state index in [2.05, 4.69) is 20.3 Å². The summed E-state index contributed by atoms with van der Waals surface area (Å²) in [4.78, 5) is 16.7. The second-order valence-corrected chi connectivity index (χ2v) is 8.62. The van der Waals surface area contributed by atoms with Crippen molar-refractivity contribution >= 4 is 29.2 Å². The highest BCUT2D eigenvalue weighted by atomic mass is 35.5. The number of anilines is 3. The summed E-state index contributed by atoms with van der Waals surface area (Å²) in [6.07, 6.45) is -3.11. The minimum absolute atomic E-state index is 0.0134. The monoisotopic (exact) mass is 494 g/mol. The maximum absolute atomic E-state index is 13.6. The molecule has 0 atom stereocenters. The molecule has 6 nitrogen and oxygen atoms in total. The molecule has 3 heterocycles. The maximum atomic E-state index is 13.6. The van der Waals surface area contributed by atoms with E-state index >= 15 is 0 Å². The Hall–Kier alpha value is -3.14. The standard InChI is InChI=1S/C23H23ClF4N6/c1-14(2)30-22-31-19(15-5-6-18(25)17(24)12-15)13-20(32-22)33-8-10-34(11-9-33)21-16(23(26,27)28)4-3-7-29-21/h3-7,12-14H,8-11H2,1-2H3,(H,30,31,32). The molecule has 1 aromatic carbocycles. The van der Waals surface area contributed by atoms with Crippen LogP contribution in [-0.4, -0.2) is 47.2 Å². The minimum atomic E-state index is -4.48. The molecule has 1 saturated heterocycles. The minimum Gasteiger partial charge on any atom is -0.353 e. The van der Waals surface area contributed by atoms with Crippen molar-refractivity contribution in [2.45, 2.75) is 26.1 Å². The third-order valence-electron chi connectivity index (χ3n) is 5.34. The van der Waals surface area contributed by atoms with Gasteiger partial charge in [0.1, 0.15) is 17.5 Å². The molecular weight excluding hydrogens is 472 g/mol. The van der Waals surface area contributed by atoms with E-state index in [1.165, 1.54) is 24.4 Å². The summed E-state index contributed by atoms with van der Waals surface area (Å²) >= 11 is 5.96. The van der Waals surface area contributed by atoms with Crippen molar-refractivity contribution in [3.8, 4) is 11.3 Å². The summed E-state index contributed by atoms with van der Waals surface area (Å²) in [6, 6.07) is 8.54. The second-order valence-electron chi connectivity index (χ2n) is 8.21. The molecule has 0 spiro atoms. The number of pyridine rings is 1. The Morgan fingerprint density at radius 1 is 1.00 bits per heavy atom. The number of hydrogen-bond donors (Lipinski definition) is 1. The van der Waals surface area contributed by atoms with Gasteiger partial charge in [0.05, 0.1) is 16.3 Å². The first kappa shape index (κ1) is 24.0. The summed E-state index contributed by atoms with van der Waals surface area (Å²) in [6.45, 7) is 5.47. The van der Waals surface area contributed by atoms with Crippen molar-refractivity contribution in [3.05, 3.63) is 59.0 Å². The lowest BCUT2D eigenvalue weighted by atomic mass is 10.1. The van der Waals surface area contributed by atoms with Gasteiger partial charge in [0, 0.05) is 50.0 Å². The molecule has 180 valence electrons. The predicted molar refractivity (Wildman–Crippen MR) is 125 cm³/mol. The van der Waals surface area contributed by atoms with Gasteiger partial charge in [0.2, 0.25) is 5.95 Å². The summed E-state index contributed by atoms with van der Waals surface area (Å²) in [5.41, 5.74) is 0.440. The van der Waals surface area contributed by atoms with Gasteiger partial charge in [-0.15, -0.1) is 0 Å². The average Bonchev–Trinajstić information content (AvgIpc) is 2.80. The summed E-state index contributed by atoms with van der Waals surface area (Å²) in [5, 5.41) is 3.16. The van der Waals surface area contributed by atoms with Crippen LogP contribution in [0.5, 0.6) is 0 Å². The fraction of sp³-hybridized carbons (Fsp3) is 0.348. The van der Waals surface area contributed by atoms with Crippen LogP contribution in [0, 0.1) is 5.82 Å². The number of nitrogens with one attached hydrogen (secondary N) is 1. The van der Waals surface area contributed by atoms with Crippen molar-refractivity contribution in [1.29, 1.82) is 0 Å². The molecule has 2 aromatic heterocycles. The number of benzene rings is 1. The Bertz CT molecular complexity index is 1160. The molecule has 11 heteroatoms. The fourth-order valence-electron chi connectivity index (χ4n) is 3.74. The van der Waals surface area contributed by atoms with E-state index < -0.39 is 17.6 Å².